The summed E-state index contributed by atoms with van der Waals surface area (Å²) in [5.41, 5.74) is 2.27. The van der Waals surface area contributed by atoms with E-state index in [1.165, 1.54) is 5.56 Å². The summed E-state index contributed by atoms with van der Waals surface area (Å²) in [4.78, 5) is 0. The minimum atomic E-state index is 0. The highest BCUT2D eigenvalue weighted by Crippen LogP contribution is 2.09. The normalized spacial score (nSPS) is 10.2. The van der Waals surface area contributed by atoms with Gasteiger partial charge in [-0.25, -0.2) is 0 Å². The highest BCUT2D eigenvalue weighted by atomic mass is 35.5. The largest absolute Gasteiger partial charge is 0.364 e. The maximum absolute atomic E-state index is 4.43. The van der Waals surface area contributed by atoms with Gasteiger partial charge in [0.25, 0.3) is 0 Å². The molecular weight excluding hydrogens is 250 g/mol. The smallest absolute Gasteiger partial charge is 0.148 e. The van der Waals surface area contributed by atoms with Crippen LogP contribution in [0.25, 0.3) is 0 Å². The van der Waals surface area contributed by atoms with Crippen molar-refractivity contribution in [1.82, 2.24) is 19.6 Å². The third kappa shape index (κ3) is 3.50. The summed E-state index contributed by atoms with van der Waals surface area (Å²) in [7, 11) is 1.94. The molecule has 0 aromatic carbocycles. The molecular formula is C12H20ClN5. The number of halogens is 1. The third-order valence-electron chi connectivity index (χ3n) is 2.67. The lowest BCUT2D eigenvalue weighted by Gasteiger charge is -2.01. The van der Waals surface area contributed by atoms with Crippen LogP contribution in [0, 0.1) is 6.92 Å². The first-order valence-electron chi connectivity index (χ1n) is 5.95. The summed E-state index contributed by atoms with van der Waals surface area (Å²) in [6.07, 6.45) is 5.14. The Labute approximate surface area is 114 Å². The van der Waals surface area contributed by atoms with Crippen LogP contribution in [0.2, 0.25) is 0 Å². The summed E-state index contributed by atoms with van der Waals surface area (Å²) in [5.74, 6) is 0.918. The zero-order chi connectivity index (χ0) is 12.3. The van der Waals surface area contributed by atoms with Gasteiger partial charge in [-0.15, -0.1) is 12.4 Å². The minimum Gasteiger partial charge on any atom is -0.364 e. The van der Waals surface area contributed by atoms with Gasteiger partial charge in [-0.2, -0.15) is 10.2 Å². The average molecular weight is 270 g/mol. The fourth-order valence-corrected chi connectivity index (χ4v) is 1.82. The van der Waals surface area contributed by atoms with E-state index >= 15 is 0 Å². The van der Waals surface area contributed by atoms with E-state index in [2.05, 4.69) is 22.4 Å². The maximum atomic E-state index is 4.43. The lowest BCUT2D eigenvalue weighted by atomic mass is 10.2. The Morgan fingerprint density at radius 1 is 1.33 bits per heavy atom. The second kappa shape index (κ2) is 6.44. The van der Waals surface area contributed by atoms with Gasteiger partial charge in [0.1, 0.15) is 5.82 Å². The van der Waals surface area contributed by atoms with Crippen molar-refractivity contribution >= 4 is 18.2 Å². The molecule has 0 atom stereocenters. The predicted molar refractivity (Wildman–Crippen MR) is 75.0 cm³/mol. The fraction of sp³-hybridized carbons (Fsp3) is 0.500. The number of hydrogen-bond acceptors (Lipinski definition) is 3. The van der Waals surface area contributed by atoms with Crippen LogP contribution in [0.3, 0.4) is 0 Å². The third-order valence-corrected chi connectivity index (χ3v) is 2.67. The first-order chi connectivity index (χ1) is 8.19. The van der Waals surface area contributed by atoms with Crippen LogP contribution in [0.1, 0.15) is 24.6 Å². The highest BCUT2D eigenvalue weighted by molar-refractivity contribution is 5.85. The highest BCUT2D eigenvalue weighted by Gasteiger charge is 2.03. The number of hydrogen-bond donors (Lipinski definition) is 1. The summed E-state index contributed by atoms with van der Waals surface area (Å²) >= 11 is 0. The summed E-state index contributed by atoms with van der Waals surface area (Å²) < 4.78 is 3.79. The van der Waals surface area contributed by atoms with Crippen LogP contribution in [-0.4, -0.2) is 19.6 Å². The molecule has 2 heterocycles. The van der Waals surface area contributed by atoms with Crippen molar-refractivity contribution < 1.29 is 0 Å². The van der Waals surface area contributed by atoms with Crippen LogP contribution in [0.5, 0.6) is 0 Å². The van der Waals surface area contributed by atoms with Crippen LogP contribution < -0.4 is 5.32 Å². The van der Waals surface area contributed by atoms with E-state index in [4.69, 9.17) is 0 Å². The number of aromatic nitrogens is 4. The predicted octanol–water partition coefficient (Wildman–Crippen LogP) is 2.37. The summed E-state index contributed by atoms with van der Waals surface area (Å²) in [6, 6.07) is 2.00. The summed E-state index contributed by atoms with van der Waals surface area (Å²) in [6.45, 7) is 5.90. The molecule has 0 aliphatic heterocycles. The van der Waals surface area contributed by atoms with Crippen molar-refractivity contribution in [2.24, 2.45) is 7.05 Å². The molecule has 0 unspecified atom stereocenters. The number of nitrogens with zero attached hydrogens (tertiary/aromatic N) is 4. The van der Waals surface area contributed by atoms with Crippen molar-refractivity contribution in [1.29, 1.82) is 0 Å². The van der Waals surface area contributed by atoms with E-state index in [-0.39, 0.29) is 12.4 Å². The fourth-order valence-electron chi connectivity index (χ4n) is 1.82. The average Bonchev–Trinajstić information content (AvgIpc) is 2.83. The molecule has 0 aliphatic carbocycles. The summed E-state index contributed by atoms with van der Waals surface area (Å²) in [5, 5.41) is 12.0. The molecule has 0 spiro atoms. The Morgan fingerprint density at radius 2 is 2.11 bits per heavy atom. The Balaban J connectivity index is 0.00000162. The zero-order valence-electron chi connectivity index (χ0n) is 11.1. The van der Waals surface area contributed by atoms with Crippen molar-refractivity contribution in [3.63, 3.8) is 0 Å². The Morgan fingerprint density at radius 3 is 2.72 bits per heavy atom. The van der Waals surface area contributed by atoms with Gasteiger partial charge in [0, 0.05) is 44.2 Å². The lowest BCUT2D eigenvalue weighted by Crippen LogP contribution is -2.02. The van der Waals surface area contributed by atoms with E-state index in [0.717, 1.165) is 31.0 Å². The van der Waals surface area contributed by atoms with E-state index in [9.17, 15) is 0 Å². The Hall–Kier alpha value is -1.49. The van der Waals surface area contributed by atoms with E-state index in [1.54, 1.807) is 0 Å². The molecule has 0 bridgehead atoms. The first kappa shape index (κ1) is 14.6. The van der Waals surface area contributed by atoms with Crippen LogP contribution >= 0.6 is 12.4 Å². The second-order valence-corrected chi connectivity index (χ2v) is 4.23. The Bertz CT molecular complexity index is 488. The molecule has 0 saturated carbocycles. The molecule has 5 nitrogen and oxygen atoms in total. The second-order valence-electron chi connectivity index (χ2n) is 4.23. The number of rotatable bonds is 5. The topological polar surface area (TPSA) is 47.7 Å². The molecule has 0 amide bonds. The van der Waals surface area contributed by atoms with Gasteiger partial charge in [-0.1, -0.05) is 6.92 Å². The number of nitrogens with one attached hydrogen (secondary N) is 1. The molecule has 2 aromatic heterocycles. The number of aryl methyl sites for hydroxylation is 3. The van der Waals surface area contributed by atoms with Crippen molar-refractivity contribution in [2.45, 2.75) is 33.4 Å². The van der Waals surface area contributed by atoms with Gasteiger partial charge in [0.2, 0.25) is 0 Å². The first-order valence-corrected chi connectivity index (χ1v) is 5.95. The molecule has 0 saturated heterocycles. The van der Waals surface area contributed by atoms with Crippen molar-refractivity contribution in [3.05, 3.63) is 29.7 Å². The van der Waals surface area contributed by atoms with Crippen LogP contribution in [0.15, 0.2) is 18.5 Å². The minimum absolute atomic E-state index is 0. The molecule has 6 heteroatoms. The maximum Gasteiger partial charge on any atom is 0.148 e. The van der Waals surface area contributed by atoms with E-state index in [1.807, 2.05) is 41.8 Å². The Kier molecular flexibility index (Phi) is 5.22. The molecule has 100 valence electrons. The van der Waals surface area contributed by atoms with E-state index in [0.29, 0.717) is 0 Å². The molecule has 2 rings (SSSR count). The van der Waals surface area contributed by atoms with Crippen LogP contribution in [-0.2, 0) is 20.1 Å². The lowest BCUT2D eigenvalue weighted by molar-refractivity contribution is 0.604. The standard InChI is InChI=1S/C12H19N5.ClH/c1-4-6-17-7-5-12(15-17)13-8-11-9-16(3)14-10(11)2;/h5,7,9H,4,6,8H2,1-3H3,(H,13,15);1H. The van der Waals surface area contributed by atoms with Crippen LogP contribution in [0.4, 0.5) is 5.82 Å². The quantitative estimate of drug-likeness (QED) is 0.907. The number of anilines is 1. The monoisotopic (exact) mass is 269 g/mol. The molecule has 0 fully saturated rings. The molecule has 18 heavy (non-hydrogen) atoms. The van der Waals surface area contributed by atoms with E-state index < -0.39 is 0 Å². The van der Waals surface area contributed by atoms with Gasteiger partial charge >= 0.3 is 0 Å². The van der Waals surface area contributed by atoms with Gasteiger partial charge in [-0.05, 0) is 13.3 Å². The molecule has 2 aromatic rings. The van der Waals surface area contributed by atoms with Crippen molar-refractivity contribution in [2.75, 3.05) is 5.32 Å². The molecule has 0 aliphatic rings. The SMILES string of the molecule is CCCn1ccc(NCc2cn(C)nc2C)n1.Cl. The van der Waals surface area contributed by atoms with Gasteiger partial charge < -0.3 is 5.32 Å². The van der Waals surface area contributed by atoms with Gasteiger partial charge in [0.15, 0.2) is 0 Å². The molecule has 1 N–H and O–H groups in total. The van der Waals surface area contributed by atoms with Gasteiger partial charge in [-0.3, -0.25) is 9.36 Å². The molecule has 0 radical (unpaired) electrons. The van der Waals surface area contributed by atoms with Crippen molar-refractivity contribution in [3.8, 4) is 0 Å². The zero-order valence-corrected chi connectivity index (χ0v) is 11.9. The van der Waals surface area contributed by atoms with Gasteiger partial charge in [0.05, 0.1) is 5.69 Å².